The number of nitrogens with zero attached hydrogens (tertiary/aromatic N) is 3. The molecule has 6 nitrogen and oxygen atoms in total. The molecule has 2 aliphatic rings. The number of aryl methyl sites for hydroxylation is 1. The summed E-state index contributed by atoms with van der Waals surface area (Å²) in [5.74, 6) is 1.25. The minimum Gasteiger partial charge on any atom is -0.291 e. The Bertz CT molecular complexity index is 699. The van der Waals surface area contributed by atoms with Crippen LogP contribution in [0.1, 0.15) is 44.1 Å². The molecule has 0 radical (unpaired) electrons. The zero-order chi connectivity index (χ0) is 17.8. The highest BCUT2D eigenvalue weighted by molar-refractivity contribution is 8.15. The van der Waals surface area contributed by atoms with E-state index < -0.39 is 4.92 Å². The molecule has 0 unspecified atom stereocenters. The van der Waals surface area contributed by atoms with E-state index in [9.17, 15) is 14.9 Å². The van der Waals surface area contributed by atoms with Gasteiger partial charge in [-0.05, 0) is 31.4 Å². The van der Waals surface area contributed by atoms with Crippen molar-refractivity contribution in [3.63, 3.8) is 0 Å². The molecule has 1 aromatic carbocycles. The summed E-state index contributed by atoms with van der Waals surface area (Å²) in [7, 11) is 0. The molecule has 0 atom stereocenters. The molecule has 1 amide bonds. The number of amides is 1. The lowest BCUT2D eigenvalue weighted by Gasteiger charge is -2.24. The molecule has 1 aliphatic carbocycles. The second-order valence-corrected chi connectivity index (χ2v) is 7.69. The molecular weight excluding hydrogens is 338 g/mol. The standard InChI is InChI=1S/C18H23N3O3S/c1-13-11-15(7-8-16(13)21(23)24)19-18-20(17(22)12-25-18)10-9-14-5-3-2-4-6-14/h7-8,11,14H,2-6,9-10,12H2,1H3. The molecule has 1 aliphatic heterocycles. The predicted molar refractivity (Wildman–Crippen MR) is 100 cm³/mol. The number of benzene rings is 1. The number of hydrogen-bond acceptors (Lipinski definition) is 5. The van der Waals surface area contributed by atoms with E-state index in [1.807, 2.05) is 0 Å². The van der Waals surface area contributed by atoms with Gasteiger partial charge in [-0.2, -0.15) is 0 Å². The second kappa shape index (κ2) is 7.99. The van der Waals surface area contributed by atoms with E-state index in [2.05, 4.69) is 4.99 Å². The summed E-state index contributed by atoms with van der Waals surface area (Å²) >= 11 is 1.45. The maximum atomic E-state index is 12.2. The summed E-state index contributed by atoms with van der Waals surface area (Å²) < 4.78 is 0. The number of amidine groups is 1. The van der Waals surface area contributed by atoms with E-state index in [4.69, 9.17) is 0 Å². The lowest BCUT2D eigenvalue weighted by molar-refractivity contribution is -0.385. The van der Waals surface area contributed by atoms with Crippen LogP contribution in [-0.2, 0) is 4.79 Å². The van der Waals surface area contributed by atoms with Crippen LogP contribution < -0.4 is 0 Å². The van der Waals surface area contributed by atoms with Gasteiger partial charge in [0, 0.05) is 18.2 Å². The predicted octanol–water partition coefficient (Wildman–Crippen LogP) is 4.44. The van der Waals surface area contributed by atoms with E-state index in [0.717, 1.165) is 18.9 Å². The van der Waals surface area contributed by atoms with Gasteiger partial charge >= 0.3 is 0 Å². The molecule has 1 saturated heterocycles. The Hall–Kier alpha value is -1.89. The number of aliphatic imine (C=N–C) groups is 1. The van der Waals surface area contributed by atoms with Crippen LogP contribution >= 0.6 is 11.8 Å². The van der Waals surface area contributed by atoms with Crippen LogP contribution in [0.4, 0.5) is 11.4 Å². The first-order valence-corrected chi connectivity index (χ1v) is 9.80. The number of hydrogen-bond donors (Lipinski definition) is 0. The first kappa shape index (κ1) is 17.9. The van der Waals surface area contributed by atoms with Gasteiger partial charge in [-0.15, -0.1) is 0 Å². The Morgan fingerprint density at radius 1 is 1.32 bits per heavy atom. The number of rotatable bonds is 5. The van der Waals surface area contributed by atoms with Crippen LogP contribution in [0.5, 0.6) is 0 Å². The third-order valence-corrected chi connectivity index (χ3v) is 5.91. The minimum atomic E-state index is -0.392. The molecular formula is C18H23N3O3S. The molecule has 1 saturated carbocycles. The van der Waals surface area contributed by atoms with Crippen molar-refractivity contribution in [3.8, 4) is 0 Å². The summed E-state index contributed by atoms with van der Waals surface area (Å²) in [6, 6.07) is 4.82. The molecule has 2 fully saturated rings. The highest BCUT2D eigenvalue weighted by atomic mass is 32.2. The zero-order valence-electron chi connectivity index (χ0n) is 14.4. The largest absolute Gasteiger partial charge is 0.291 e. The lowest BCUT2D eigenvalue weighted by Crippen LogP contribution is -2.31. The molecule has 1 aromatic rings. The molecule has 0 bridgehead atoms. The third-order valence-electron chi connectivity index (χ3n) is 4.94. The molecule has 0 spiro atoms. The van der Waals surface area contributed by atoms with Gasteiger partial charge in [0.25, 0.3) is 5.69 Å². The fourth-order valence-electron chi connectivity index (χ4n) is 3.51. The Kier molecular flexibility index (Phi) is 5.73. The van der Waals surface area contributed by atoms with Crippen molar-refractivity contribution in [1.82, 2.24) is 4.90 Å². The normalized spacial score (nSPS) is 20.4. The molecule has 3 rings (SSSR count). The zero-order valence-corrected chi connectivity index (χ0v) is 15.3. The maximum absolute atomic E-state index is 12.2. The summed E-state index contributed by atoms with van der Waals surface area (Å²) in [5, 5.41) is 11.6. The highest BCUT2D eigenvalue weighted by Gasteiger charge is 2.29. The van der Waals surface area contributed by atoms with E-state index in [1.165, 1.54) is 49.9 Å². The SMILES string of the molecule is Cc1cc(N=C2SCC(=O)N2CCC2CCCCC2)ccc1[N+](=O)[O-]. The van der Waals surface area contributed by atoms with Gasteiger partial charge in [0.05, 0.1) is 16.4 Å². The Morgan fingerprint density at radius 3 is 2.76 bits per heavy atom. The minimum absolute atomic E-state index is 0.0910. The van der Waals surface area contributed by atoms with Crippen LogP contribution in [0.3, 0.4) is 0 Å². The monoisotopic (exact) mass is 361 g/mol. The molecule has 134 valence electrons. The van der Waals surface area contributed by atoms with Crippen LogP contribution in [0.15, 0.2) is 23.2 Å². The lowest BCUT2D eigenvalue weighted by atomic mass is 9.87. The number of nitro groups is 1. The Labute approximate surface area is 151 Å². The maximum Gasteiger partial charge on any atom is 0.272 e. The first-order chi connectivity index (χ1) is 12.0. The average molecular weight is 361 g/mol. The fraction of sp³-hybridized carbons (Fsp3) is 0.556. The number of carbonyl (C=O) groups is 1. The van der Waals surface area contributed by atoms with Gasteiger partial charge in [0.2, 0.25) is 5.91 Å². The first-order valence-electron chi connectivity index (χ1n) is 8.81. The van der Waals surface area contributed by atoms with E-state index in [-0.39, 0.29) is 11.6 Å². The van der Waals surface area contributed by atoms with Crippen LogP contribution in [0, 0.1) is 23.0 Å². The second-order valence-electron chi connectivity index (χ2n) is 6.75. The molecule has 1 heterocycles. The number of nitro benzene ring substituents is 1. The summed E-state index contributed by atoms with van der Waals surface area (Å²) in [6.45, 7) is 2.43. The summed E-state index contributed by atoms with van der Waals surface area (Å²) in [5.41, 5.74) is 1.33. The Balaban J connectivity index is 1.70. The van der Waals surface area contributed by atoms with E-state index >= 15 is 0 Å². The van der Waals surface area contributed by atoms with Crippen molar-refractivity contribution in [2.75, 3.05) is 12.3 Å². The smallest absolute Gasteiger partial charge is 0.272 e. The highest BCUT2D eigenvalue weighted by Crippen LogP contribution is 2.30. The molecule has 7 heteroatoms. The van der Waals surface area contributed by atoms with Gasteiger partial charge in [-0.25, -0.2) is 4.99 Å². The van der Waals surface area contributed by atoms with Gasteiger partial charge in [0.15, 0.2) is 5.17 Å². The van der Waals surface area contributed by atoms with Gasteiger partial charge in [0.1, 0.15) is 0 Å². The summed E-state index contributed by atoms with van der Waals surface area (Å²) in [4.78, 5) is 29.1. The fourth-order valence-corrected chi connectivity index (χ4v) is 4.44. The van der Waals surface area contributed by atoms with Crippen LogP contribution in [0.25, 0.3) is 0 Å². The topological polar surface area (TPSA) is 75.8 Å². The van der Waals surface area contributed by atoms with Gasteiger partial charge < -0.3 is 0 Å². The Morgan fingerprint density at radius 2 is 2.08 bits per heavy atom. The van der Waals surface area contributed by atoms with Gasteiger partial charge in [-0.3, -0.25) is 19.8 Å². The van der Waals surface area contributed by atoms with Crippen molar-refractivity contribution in [1.29, 1.82) is 0 Å². The third kappa shape index (κ3) is 4.39. The molecule has 0 N–H and O–H groups in total. The van der Waals surface area contributed by atoms with E-state index in [1.54, 1.807) is 24.0 Å². The molecule has 25 heavy (non-hydrogen) atoms. The van der Waals surface area contributed by atoms with Crippen LogP contribution in [0.2, 0.25) is 0 Å². The van der Waals surface area contributed by atoms with Crippen molar-refractivity contribution in [2.45, 2.75) is 45.4 Å². The van der Waals surface area contributed by atoms with E-state index in [0.29, 0.717) is 22.2 Å². The number of carbonyl (C=O) groups excluding carboxylic acids is 1. The van der Waals surface area contributed by atoms with Crippen molar-refractivity contribution in [3.05, 3.63) is 33.9 Å². The van der Waals surface area contributed by atoms with Crippen LogP contribution in [-0.4, -0.2) is 33.2 Å². The molecule has 0 aromatic heterocycles. The average Bonchev–Trinajstić information content (AvgIpc) is 2.93. The van der Waals surface area contributed by atoms with Crippen molar-refractivity contribution >= 4 is 34.2 Å². The van der Waals surface area contributed by atoms with Crippen molar-refractivity contribution in [2.24, 2.45) is 10.9 Å². The van der Waals surface area contributed by atoms with Crippen molar-refractivity contribution < 1.29 is 9.72 Å². The van der Waals surface area contributed by atoms with Gasteiger partial charge in [-0.1, -0.05) is 43.9 Å². The summed E-state index contributed by atoms with van der Waals surface area (Å²) in [6.07, 6.45) is 7.50. The quantitative estimate of drug-likeness (QED) is 0.574. The number of thioether (sulfide) groups is 1.